The van der Waals surface area contributed by atoms with Crippen LogP contribution in [0.25, 0.3) is 0 Å². The monoisotopic (exact) mass is 393 g/mol. The molecule has 146 valence electrons. The van der Waals surface area contributed by atoms with Gasteiger partial charge in [-0.25, -0.2) is 5.01 Å². The number of hydrazine groups is 1. The highest BCUT2D eigenvalue weighted by Crippen LogP contribution is 2.41. The van der Waals surface area contributed by atoms with Crippen LogP contribution in [0.1, 0.15) is 61.4 Å². The maximum absolute atomic E-state index is 12.7. The summed E-state index contributed by atoms with van der Waals surface area (Å²) >= 11 is 1.74. The third-order valence-corrected chi connectivity index (χ3v) is 6.42. The maximum atomic E-state index is 12.7. The average Bonchev–Trinajstić information content (AvgIpc) is 2.88. The molecule has 0 spiro atoms. The molecule has 1 fully saturated rings. The molecule has 0 aromatic heterocycles. The number of rotatable bonds is 5. The van der Waals surface area contributed by atoms with Crippen LogP contribution in [0.15, 0.2) is 57.2 Å². The van der Waals surface area contributed by atoms with Crippen LogP contribution in [0.5, 0.6) is 0 Å². The van der Waals surface area contributed by atoms with Crippen LogP contribution in [0.3, 0.4) is 0 Å². The van der Waals surface area contributed by atoms with Gasteiger partial charge in [-0.15, -0.1) is 0 Å². The number of hydrogen-bond acceptors (Lipinski definition) is 4. The number of amides is 1. The minimum atomic E-state index is -0.0400. The first kappa shape index (κ1) is 19.2. The lowest BCUT2D eigenvalue weighted by atomic mass is 10.0. The molecular weight excluding hydrogens is 366 g/mol. The van der Waals surface area contributed by atoms with Crippen LogP contribution in [-0.2, 0) is 0 Å². The molecule has 0 aliphatic carbocycles. The Morgan fingerprint density at radius 3 is 2.75 bits per heavy atom. The van der Waals surface area contributed by atoms with E-state index in [4.69, 9.17) is 4.99 Å². The van der Waals surface area contributed by atoms with Crippen molar-refractivity contribution in [1.29, 1.82) is 0 Å². The standard InChI is InChI=1S/C23H27N3OS/c1-2-3-10-19-18-9-5-6-11-21(18)28-22-13-12-17(16-20(22)24-19)23(27)25-26-14-7-4-8-15-26/h5-6,9,11-13,16H,2-4,7-8,10,14-15H2,1H3,(H,25,27). The minimum Gasteiger partial charge on any atom is -0.285 e. The molecule has 2 aromatic carbocycles. The summed E-state index contributed by atoms with van der Waals surface area (Å²) in [7, 11) is 0. The van der Waals surface area contributed by atoms with E-state index in [1.165, 1.54) is 16.9 Å². The van der Waals surface area contributed by atoms with Crippen molar-refractivity contribution in [2.24, 2.45) is 4.99 Å². The van der Waals surface area contributed by atoms with Crippen molar-refractivity contribution in [1.82, 2.24) is 10.4 Å². The molecule has 4 rings (SSSR count). The molecule has 0 saturated carbocycles. The van der Waals surface area contributed by atoms with Gasteiger partial charge >= 0.3 is 0 Å². The van der Waals surface area contributed by atoms with Crippen LogP contribution >= 0.6 is 11.8 Å². The number of nitrogens with zero attached hydrogens (tertiary/aromatic N) is 2. The van der Waals surface area contributed by atoms with Gasteiger partial charge in [0.05, 0.1) is 5.69 Å². The predicted molar refractivity (Wildman–Crippen MR) is 116 cm³/mol. The van der Waals surface area contributed by atoms with Gasteiger partial charge in [0.1, 0.15) is 0 Å². The Balaban J connectivity index is 1.63. The topological polar surface area (TPSA) is 44.7 Å². The number of nitrogens with one attached hydrogen (secondary N) is 1. The van der Waals surface area contributed by atoms with E-state index in [1.807, 2.05) is 23.2 Å². The molecule has 2 aromatic rings. The third-order valence-electron chi connectivity index (χ3n) is 5.28. The van der Waals surface area contributed by atoms with Gasteiger partial charge in [-0.05, 0) is 49.9 Å². The highest BCUT2D eigenvalue weighted by atomic mass is 32.2. The second kappa shape index (κ2) is 8.93. The first-order valence-electron chi connectivity index (χ1n) is 10.3. The number of unbranched alkanes of at least 4 members (excludes halogenated alkanes) is 1. The van der Waals surface area contributed by atoms with E-state index in [0.29, 0.717) is 5.56 Å². The fourth-order valence-electron chi connectivity index (χ4n) is 3.70. The Kier molecular flexibility index (Phi) is 6.13. The average molecular weight is 394 g/mol. The van der Waals surface area contributed by atoms with Gasteiger partial charge in [-0.1, -0.05) is 49.7 Å². The van der Waals surface area contributed by atoms with E-state index < -0.39 is 0 Å². The predicted octanol–water partition coefficient (Wildman–Crippen LogP) is 5.59. The van der Waals surface area contributed by atoms with Gasteiger partial charge in [-0.3, -0.25) is 15.2 Å². The molecule has 1 N–H and O–H groups in total. The van der Waals surface area contributed by atoms with Crippen molar-refractivity contribution in [3.63, 3.8) is 0 Å². The van der Waals surface area contributed by atoms with E-state index in [0.717, 1.165) is 61.5 Å². The molecule has 2 aliphatic heterocycles. The Labute approximate surface area is 171 Å². The zero-order chi connectivity index (χ0) is 19.3. The summed E-state index contributed by atoms with van der Waals surface area (Å²) in [6.07, 6.45) is 6.74. The summed E-state index contributed by atoms with van der Waals surface area (Å²) in [5, 5.41) is 2.04. The third kappa shape index (κ3) is 4.31. The molecule has 0 bridgehead atoms. The van der Waals surface area contributed by atoms with Crippen molar-refractivity contribution in [2.45, 2.75) is 55.2 Å². The summed E-state index contributed by atoms with van der Waals surface area (Å²) in [4.78, 5) is 20.1. The molecule has 1 saturated heterocycles. The van der Waals surface area contributed by atoms with Crippen LogP contribution in [-0.4, -0.2) is 29.7 Å². The van der Waals surface area contributed by atoms with Crippen LogP contribution in [0.2, 0.25) is 0 Å². The Hall–Kier alpha value is -2.11. The molecule has 4 nitrogen and oxygen atoms in total. The normalized spacial score (nSPS) is 16.5. The fourth-order valence-corrected chi connectivity index (χ4v) is 4.72. The zero-order valence-corrected chi connectivity index (χ0v) is 17.2. The number of piperidine rings is 1. The fraction of sp³-hybridized carbons (Fsp3) is 0.391. The van der Waals surface area contributed by atoms with Crippen molar-refractivity contribution in [3.8, 4) is 0 Å². The van der Waals surface area contributed by atoms with Crippen LogP contribution < -0.4 is 5.43 Å². The molecule has 5 heteroatoms. The van der Waals surface area contributed by atoms with Crippen molar-refractivity contribution >= 4 is 29.1 Å². The lowest BCUT2D eigenvalue weighted by molar-refractivity contribution is 0.0750. The molecule has 2 aliphatic rings. The molecule has 0 unspecified atom stereocenters. The highest BCUT2D eigenvalue weighted by Gasteiger charge is 2.19. The van der Waals surface area contributed by atoms with E-state index in [9.17, 15) is 4.79 Å². The first-order valence-corrected chi connectivity index (χ1v) is 11.1. The number of benzene rings is 2. The second-order valence-corrected chi connectivity index (χ2v) is 8.52. The first-order chi connectivity index (χ1) is 13.7. The van der Waals surface area contributed by atoms with Gasteiger partial charge < -0.3 is 0 Å². The lowest BCUT2D eigenvalue weighted by Crippen LogP contribution is -2.45. The summed E-state index contributed by atoms with van der Waals surface area (Å²) in [6.45, 7) is 4.07. The molecule has 0 radical (unpaired) electrons. The molecule has 0 atom stereocenters. The van der Waals surface area contributed by atoms with Crippen molar-refractivity contribution in [2.75, 3.05) is 13.1 Å². The Bertz CT molecular complexity index is 887. The van der Waals surface area contributed by atoms with E-state index in [2.05, 4.69) is 36.6 Å². The van der Waals surface area contributed by atoms with Crippen molar-refractivity contribution < 1.29 is 4.79 Å². The number of aliphatic imine (C=N–C) groups is 1. The number of hydrogen-bond donors (Lipinski definition) is 1. The number of carbonyl (C=O) groups is 1. The van der Waals surface area contributed by atoms with Gasteiger partial charge in [0.2, 0.25) is 0 Å². The minimum absolute atomic E-state index is 0.0400. The van der Waals surface area contributed by atoms with Crippen LogP contribution in [0.4, 0.5) is 5.69 Å². The van der Waals surface area contributed by atoms with Crippen molar-refractivity contribution in [3.05, 3.63) is 53.6 Å². The summed E-state index contributed by atoms with van der Waals surface area (Å²) < 4.78 is 0. The zero-order valence-electron chi connectivity index (χ0n) is 16.4. The molecule has 2 heterocycles. The second-order valence-electron chi connectivity index (χ2n) is 7.43. The van der Waals surface area contributed by atoms with Gasteiger partial charge in [-0.2, -0.15) is 0 Å². The van der Waals surface area contributed by atoms with E-state index in [1.54, 1.807) is 11.8 Å². The lowest BCUT2D eigenvalue weighted by Gasteiger charge is -2.26. The number of fused-ring (bicyclic) bond motifs is 2. The Morgan fingerprint density at radius 2 is 1.93 bits per heavy atom. The summed E-state index contributed by atoms with van der Waals surface area (Å²) in [5.41, 5.74) is 6.98. The van der Waals surface area contributed by atoms with Gasteiger partial charge in [0.15, 0.2) is 0 Å². The summed E-state index contributed by atoms with van der Waals surface area (Å²) in [6, 6.07) is 14.4. The smallest absolute Gasteiger partial charge is 0.265 e. The summed E-state index contributed by atoms with van der Waals surface area (Å²) in [5.74, 6) is -0.0400. The molecule has 28 heavy (non-hydrogen) atoms. The largest absolute Gasteiger partial charge is 0.285 e. The maximum Gasteiger partial charge on any atom is 0.265 e. The van der Waals surface area contributed by atoms with Crippen LogP contribution in [0, 0.1) is 0 Å². The van der Waals surface area contributed by atoms with Gasteiger partial charge in [0.25, 0.3) is 5.91 Å². The van der Waals surface area contributed by atoms with E-state index >= 15 is 0 Å². The Morgan fingerprint density at radius 1 is 1.11 bits per heavy atom. The molecular formula is C23H27N3OS. The highest BCUT2D eigenvalue weighted by molar-refractivity contribution is 7.99. The SMILES string of the molecule is CCCCC1=Nc2cc(C(=O)NN3CCCCC3)ccc2Sc2ccccc21. The van der Waals surface area contributed by atoms with E-state index in [-0.39, 0.29) is 5.91 Å². The quantitative estimate of drug-likeness (QED) is 0.720. The number of carbonyl (C=O) groups excluding carboxylic acids is 1. The molecule has 1 amide bonds. The van der Waals surface area contributed by atoms with Gasteiger partial charge in [0, 0.05) is 39.7 Å².